The second-order valence-electron chi connectivity index (χ2n) is 8.84. The zero-order chi connectivity index (χ0) is 20.7. The van der Waals surface area contributed by atoms with Crippen molar-refractivity contribution in [2.24, 2.45) is 0 Å². The molecule has 0 radical (unpaired) electrons. The third kappa shape index (κ3) is 4.53. The molecule has 1 aliphatic heterocycles. The van der Waals surface area contributed by atoms with Gasteiger partial charge in [-0.3, -0.25) is 9.36 Å². The SMILES string of the molecule is CC(=O)O[C@@H]1C[C@@H](C(C)(C)O[SiH2]C(C)(C)C)O[C@H]1n1cnc2c(Cl)ncnc21. The Morgan fingerprint density at radius 1 is 1.29 bits per heavy atom. The van der Waals surface area contributed by atoms with E-state index in [9.17, 15) is 4.79 Å². The highest BCUT2D eigenvalue weighted by molar-refractivity contribution is 6.33. The summed E-state index contributed by atoms with van der Waals surface area (Å²) in [6.45, 7) is 12.0. The first-order valence-electron chi connectivity index (χ1n) is 9.27. The van der Waals surface area contributed by atoms with Gasteiger partial charge in [-0.25, -0.2) is 15.0 Å². The summed E-state index contributed by atoms with van der Waals surface area (Å²) in [6.07, 6.45) is 2.20. The minimum absolute atomic E-state index is 0.165. The summed E-state index contributed by atoms with van der Waals surface area (Å²) in [6, 6.07) is 0. The lowest BCUT2D eigenvalue weighted by atomic mass is 9.98. The second kappa shape index (κ2) is 7.70. The fraction of sp³-hybridized carbons (Fsp3) is 0.667. The van der Waals surface area contributed by atoms with Crippen molar-refractivity contribution in [1.29, 1.82) is 0 Å². The number of halogens is 1. The van der Waals surface area contributed by atoms with E-state index in [1.807, 2.05) is 13.8 Å². The van der Waals surface area contributed by atoms with Gasteiger partial charge < -0.3 is 13.9 Å². The molecule has 0 unspecified atom stereocenters. The minimum Gasteiger partial charge on any atom is -0.458 e. The maximum atomic E-state index is 11.7. The van der Waals surface area contributed by atoms with Crippen molar-refractivity contribution < 1.29 is 18.7 Å². The van der Waals surface area contributed by atoms with Gasteiger partial charge >= 0.3 is 5.97 Å². The van der Waals surface area contributed by atoms with Gasteiger partial charge in [-0.2, -0.15) is 0 Å². The van der Waals surface area contributed by atoms with Gasteiger partial charge in [-0.05, 0) is 18.9 Å². The van der Waals surface area contributed by atoms with Crippen LogP contribution in [-0.2, 0) is 18.7 Å². The van der Waals surface area contributed by atoms with Crippen LogP contribution in [0.5, 0.6) is 0 Å². The molecule has 1 saturated heterocycles. The Morgan fingerprint density at radius 3 is 2.64 bits per heavy atom. The first-order chi connectivity index (χ1) is 13.0. The van der Waals surface area contributed by atoms with Crippen LogP contribution in [0.4, 0.5) is 0 Å². The number of hydrogen-bond acceptors (Lipinski definition) is 7. The molecule has 0 aromatic carbocycles. The number of esters is 1. The zero-order valence-electron chi connectivity index (χ0n) is 17.1. The third-order valence-electron chi connectivity index (χ3n) is 4.63. The number of aromatic nitrogens is 4. The lowest BCUT2D eigenvalue weighted by Crippen LogP contribution is -2.41. The van der Waals surface area contributed by atoms with Crippen LogP contribution in [-0.4, -0.2) is 53.1 Å². The summed E-state index contributed by atoms with van der Waals surface area (Å²) in [5.41, 5.74) is 0.509. The van der Waals surface area contributed by atoms with Gasteiger partial charge in [0.1, 0.15) is 17.9 Å². The molecule has 1 fully saturated rings. The number of ether oxygens (including phenoxy) is 2. The molecule has 154 valence electrons. The number of hydrogen-bond donors (Lipinski definition) is 0. The molecule has 0 amide bonds. The Hall–Kier alpha value is -1.55. The van der Waals surface area contributed by atoms with Crippen LogP contribution in [0.1, 0.15) is 54.2 Å². The Balaban J connectivity index is 1.89. The fourth-order valence-corrected chi connectivity index (χ4v) is 4.32. The maximum Gasteiger partial charge on any atom is 0.303 e. The van der Waals surface area contributed by atoms with E-state index in [-0.39, 0.29) is 22.3 Å². The third-order valence-corrected chi connectivity index (χ3v) is 6.66. The first-order valence-corrected chi connectivity index (χ1v) is 10.9. The summed E-state index contributed by atoms with van der Waals surface area (Å²) >= 11 is 6.11. The summed E-state index contributed by atoms with van der Waals surface area (Å²) in [5, 5.41) is 0.431. The van der Waals surface area contributed by atoms with Gasteiger partial charge in [0.2, 0.25) is 0 Å². The Kier molecular flexibility index (Phi) is 5.82. The molecular weight excluding hydrogens is 400 g/mol. The fourth-order valence-electron chi connectivity index (χ4n) is 3.16. The molecule has 0 bridgehead atoms. The minimum atomic E-state index is -0.780. The maximum absolute atomic E-state index is 11.7. The van der Waals surface area contributed by atoms with E-state index in [1.54, 1.807) is 10.9 Å². The highest BCUT2D eigenvalue weighted by atomic mass is 35.5. The second-order valence-corrected chi connectivity index (χ2v) is 11.9. The summed E-state index contributed by atoms with van der Waals surface area (Å²) in [4.78, 5) is 24.2. The molecule has 3 atom stereocenters. The quantitative estimate of drug-likeness (QED) is 0.412. The average Bonchev–Trinajstić information content (AvgIpc) is 3.17. The smallest absolute Gasteiger partial charge is 0.303 e. The predicted molar refractivity (Wildman–Crippen MR) is 108 cm³/mol. The number of carbonyl (C=O) groups is 1. The zero-order valence-corrected chi connectivity index (χ0v) is 19.3. The number of carbonyl (C=O) groups excluding carboxylic acids is 1. The van der Waals surface area contributed by atoms with E-state index in [0.29, 0.717) is 17.6 Å². The van der Waals surface area contributed by atoms with Crippen molar-refractivity contribution in [1.82, 2.24) is 19.5 Å². The van der Waals surface area contributed by atoms with Crippen molar-refractivity contribution in [3.63, 3.8) is 0 Å². The first kappa shape index (κ1) is 21.2. The van der Waals surface area contributed by atoms with E-state index < -0.39 is 27.7 Å². The van der Waals surface area contributed by atoms with Crippen LogP contribution in [0, 0.1) is 0 Å². The number of imidazole rings is 1. The molecule has 1 aliphatic rings. The number of nitrogens with zero attached hydrogens (tertiary/aromatic N) is 4. The van der Waals surface area contributed by atoms with Crippen molar-refractivity contribution in [3.05, 3.63) is 17.8 Å². The van der Waals surface area contributed by atoms with Crippen LogP contribution in [0.2, 0.25) is 10.2 Å². The molecule has 0 spiro atoms. The molecule has 2 aromatic heterocycles. The molecule has 3 heterocycles. The Labute approximate surface area is 171 Å². The predicted octanol–water partition coefficient (Wildman–Crippen LogP) is 2.80. The van der Waals surface area contributed by atoms with Crippen molar-refractivity contribution in [2.45, 2.75) is 77.0 Å². The van der Waals surface area contributed by atoms with Gasteiger partial charge in [-0.15, -0.1) is 0 Å². The molecule has 2 aromatic rings. The van der Waals surface area contributed by atoms with Crippen LogP contribution in [0.3, 0.4) is 0 Å². The lowest BCUT2D eigenvalue weighted by molar-refractivity contribution is -0.153. The van der Waals surface area contributed by atoms with E-state index in [0.717, 1.165) is 0 Å². The van der Waals surface area contributed by atoms with Gasteiger partial charge in [0, 0.05) is 13.3 Å². The van der Waals surface area contributed by atoms with Crippen LogP contribution in [0.25, 0.3) is 11.2 Å². The normalized spacial score (nSPS) is 23.8. The molecule has 0 saturated carbocycles. The molecule has 28 heavy (non-hydrogen) atoms. The van der Waals surface area contributed by atoms with Gasteiger partial charge in [0.05, 0.1) is 18.0 Å². The summed E-state index contributed by atoms with van der Waals surface area (Å²) < 4.78 is 20.0. The molecule has 0 aliphatic carbocycles. The number of fused-ring (bicyclic) bond motifs is 1. The Morgan fingerprint density at radius 2 is 2.00 bits per heavy atom. The molecular formula is C18H27ClN4O4Si. The van der Waals surface area contributed by atoms with E-state index in [4.69, 9.17) is 25.5 Å². The van der Waals surface area contributed by atoms with E-state index in [1.165, 1.54) is 13.3 Å². The summed E-state index contributed by atoms with van der Waals surface area (Å²) in [5.74, 6) is -0.362. The monoisotopic (exact) mass is 426 g/mol. The highest BCUT2D eigenvalue weighted by Crippen LogP contribution is 2.39. The summed E-state index contributed by atoms with van der Waals surface area (Å²) in [7, 11) is -0.780. The van der Waals surface area contributed by atoms with Gasteiger partial charge in [0.25, 0.3) is 0 Å². The van der Waals surface area contributed by atoms with Gasteiger partial charge in [-0.1, -0.05) is 32.4 Å². The molecule has 3 rings (SSSR count). The van der Waals surface area contributed by atoms with Crippen LogP contribution in [0.15, 0.2) is 12.7 Å². The lowest BCUT2D eigenvalue weighted by Gasteiger charge is -2.34. The van der Waals surface area contributed by atoms with Crippen molar-refractivity contribution in [2.75, 3.05) is 0 Å². The van der Waals surface area contributed by atoms with E-state index in [2.05, 4.69) is 35.7 Å². The number of rotatable bonds is 5. The molecule has 0 N–H and O–H groups in total. The highest BCUT2D eigenvalue weighted by Gasteiger charge is 2.46. The largest absolute Gasteiger partial charge is 0.458 e. The Bertz CT molecular complexity index is 867. The van der Waals surface area contributed by atoms with Crippen molar-refractivity contribution >= 4 is 38.5 Å². The van der Waals surface area contributed by atoms with Crippen LogP contribution >= 0.6 is 11.6 Å². The van der Waals surface area contributed by atoms with Crippen molar-refractivity contribution in [3.8, 4) is 0 Å². The molecule has 8 nitrogen and oxygen atoms in total. The average molecular weight is 427 g/mol. The van der Waals surface area contributed by atoms with Gasteiger partial charge in [0.15, 0.2) is 26.8 Å². The van der Waals surface area contributed by atoms with E-state index >= 15 is 0 Å². The molecule has 10 heteroatoms. The topological polar surface area (TPSA) is 88.4 Å². The standard InChI is InChI=1S/C18H27ClN4O4Si/c1-10(24)25-11-7-12(18(5,6)27-28-17(2,3)4)26-16(11)23-9-22-13-14(19)20-8-21-15(13)23/h8-9,11-12,16H,7,28H2,1-6H3/t11-,12+,16-/m1/s1. The van der Waals surface area contributed by atoms with Crippen LogP contribution < -0.4 is 0 Å².